The van der Waals surface area contributed by atoms with Crippen LogP contribution >= 0.6 is 0 Å². The van der Waals surface area contributed by atoms with E-state index in [0.717, 1.165) is 38.0 Å². The van der Waals surface area contributed by atoms with E-state index in [1.54, 1.807) is 0 Å². The van der Waals surface area contributed by atoms with E-state index in [-0.39, 0.29) is 12.0 Å². The van der Waals surface area contributed by atoms with Crippen molar-refractivity contribution in [2.24, 2.45) is 0 Å². The summed E-state index contributed by atoms with van der Waals surface area (Å²) in [7, 11) is 0. The molecule has 0 amide bonds. The van der Waals surface area contributed by atoms with Gasteiger partial charge in [-0.1, -0.05) is 31.4 Å². The van der Waals surface area contributed by atoms with E-state index in [4.69, 9.17) is 4.74 Å². The molecule has 1 aliphatic rings. The first-order valence-corrected chi connectivity index (χ1v) is 7.46. The van der Waals surface area contributed by atoms with Crippen molar-refractivity contribution in [3.8, 4) is 0 Å². The Bertz CT molecular complexity index is 462. The normalized spacial score (nSPS) is 18.5. The zero-order valence-electron chi connectivity index (χ0n) is 12.1. The quantitative estimate of drug-likeness (QED) is 0.348. The van der Waals surface area contributed by atoms with Crippen LogP contribution in [-0.2, 0) is 16.8 Å². The smallest absolute Gasteiger partial charge is 0.373 e. The Morgan fingerprint density at radius 3 is 1.95 bits per heavy atom. The Balaban J connectivity index is 1.76. The molecule has 1 aromatic carbocycles. The Kier molecular flexibility index (Phi) is 5.42. The molecular formula is C16H19F5O. The fraction of sp³-hybridized carbons (Fsp3) is 0.625. The van der Waals surface area contributed by atoms with Gasteiger partial charge in [0.15, 0.2) is 0 Å². The first-order valence-electron chi connectivity index (χ1n) is 7.46. The van der Waals surface area contributed by atoms with Crippen LogP contribution in [0.25, 0.3) is 0 Å². The third-order valence-electron chi connectivity index (χ3n) is 3.80. The number of alkyl halides is 5. The molecule has 0 aliphatic carbocycles. The van der Waals surface area contributed by atoms with Crippen LogP contribution in [0.15, 0.2) is 24.3 Å². The molecule has 0 spiro atoms. The van der Waals surface area contributed by atoms with Crippen molar-refractivity contribution >= 4 is 0 Å². The molecule has 0 radical (unpaired) electrons. The molecule has 2 rings (SSSR count). The van der Waals surface area contributed by atoms with Crippen molar-refractivity contribution in [1.29, 1.82) is 0 Å². The molecule has 1 aliphatic heterocycles. The van der Waals surface area contributed by atoms with E-state index in [2.05, 4.69) is 0 Å². The van der Waals surface area contributed by atoms with Crippen LogP contribution in [0.2, 0.25) is 0 Å². The number of halogens is 5. The van der Waals surface area contributed by atoms with E-state index in [9.17, 15) is 22.0 Å². The first-order chi connectivity index (χ1) is 10.3. The monoisotopic (exact) mass is 322 g/mol. The lowest BCUT2D eigenvalue weighted by atomic mass is 10.00. The number of epoxide rings is 1. The van der Waals surface area contributed by atoms with Gasteiger partial charge < -0.3 is 4.74 Å². The molecule has 1 unspecified atom stereocenters. The first kappa shape index (κ1) is 17.2. The Hall–Kier alpha value is -1.17. The van der Waals surface area contributed by atoms with Crippen LogP contribution in [0.3, 0.4) is 0 Å². The van der Waals surface area contributed by atoms with Crippen molar-refractivity contribution in [3.05, 3.63) is 35.4 Å². The lowest BCUT2D eigenvalue weighted by Gasteiger charge is -2.17. The van der Waals surface area contributed by atoms with Gasteiger partial charge in [-0.05, 0) is 25.0 Å². The van der Waals surface area contributed by atoms with Crippen LogP contribution in [0.1, 0.15) is 49.7 Å². The summed E-state index contributed by atoms with van der Waals surface area (Å²) >= 11 is 0. The lowest BCUT2D eigenvalue weighted by Crippen LogP contribution is -2.14. The average Bonchev–Trinajstić information content (AvgIpc) is 3.26. The molecule has 1 aromatic rings. The Labute approximate surface area is 126 Å². The van der Waals surface area contributed by atoms with Crippen molar-refractivity contribution in [2.75, 3.05) is 6.61 Å². The van der Waals surface area contributed by atoms with Crippen LogP contribution in [-0.4, -0.2) is 12.7 Å². The van der Waals surface area contributed by atoms with Gasteiger partial charge >= 0.3 is 6.18 Å². The zero-order valence-corrected chi connectivity index (χ0v) is 12.1. The van der Waals surface area contributed by atoms with E-state index in [1.165, 1.54) is 0 Å². The van der Waals surface area contributed by atoms with Gasteiger partial charge in [0.2, 0.25) is 0 Å². The van der Waals surface area contributed by atoms with Crippen LogP contribution in [0.4, 0.5) is 22.0 Å². The van der Waals surface area contributed by atoms with Gasteiger partial charge in [0.1, 0.15) is 0 Å². The molecule has 0 bridgehead atoms. The molecule has 0 N–H and O–H groups in total. The molecular weight excluding hydrogens is 303 g/mol. The van der Waals surface area contributed by atoms with E-state index in [1.807, 2.05) is 0 Å². The van der Waals surface area contributed by atoms with E-state index < -0.39 is 17.7 Å². The standard InChI is InChI=1S/C16H19F5O/c17-15(18,10-4-2-1-3-5-14-11-22-14)12-6-8-13(9-7-12)16(19,20)21/h6-9,14H,1-5,10-11H2. The molecule has 1 heterocycles. The highest BCUT2D eigenvalue weighted by molar-refractivity contribution is 5.27. The molecule has 0 aromatic heterocycles. The molecule has 1 atom stereocenters. The number of unbranched alkanes of at least 4 members (excludes halogenated alkanes) is 3. The van der Waals surface area contributed by atoms with Crippen molar-refractivity contribution < 1.29 is 26.7 Å². The molecule has 1 fully saturated rings. The number of ether oxygens (including phenoxy) is 1. The minimum atomic E-state index is -4.50. The molecule has 22 heavy (non-hydrogen) atoms. The minimum absolute atomic E-state index is 0.335. The van der Waals surface area contributed by atoms with Gasteiger partial charge in [0, 0.05) is 12.0 Å². The Morgan fingerprint density at radius 2 is 1.41 bits per heavy atom. The van der Waals surface area contributed by atoms with Gasteiger partial charge in [-0.15, -0.1) is 0 Å². The topological polar surface area (TPSA) is 12.5 Å². The minimum Gasteiger partial charge on any atom is -0.373 e. The highest BCUT2D eigenvalue weighted by Gasteiger charge is 2.34. The second kappa shape index (κ2) is 6.94. The van der Waals surface area contributed by atoms with Gasteiger partial charge in [0.25, 0.3) is 5.92 Å². The molecule has 1 nitrogen and oxygen atoms in total. The predicted octanol–water partition coefficient (Wildman–Crippen LogP) is 5.54. The third-order valence-corrected chi connectivity index (χ3v) is 3.80. The maximum absolute atomic E-state index is 13.9. The second-order valence-electron chi connectivity index (χ2n) is 5.69. The maximum Gasteiger partial charge on any atom is 0.416 e. The molecule has 124 valence electrons. The van der Waals surface area contributed by atoms with Crippen molar-refractivity contribution in [3.63, 3.8) is 0 Å². The number of hydrogen-bond acceptors (Lipinski definition) is 1. The highest BCUT2D eigenvalue weighted by Crippen LogP contribution is 2.36. The van der Waals surface area contributed by atoms with Crippen LogP contribution < -0.4 is 0 Å². The highest BCUT2D eigenvalue weighted by atomic mass is 19.4. The van der Waals surface area contributed by atoms with Gasteiger partial charge in [0.05, 0.1) is 18.3 Å². The Morgan fingerprint density at radius 1 is 0.864 bits per heavy atom. The van der Waals surface area contributed by atoms with Crippen molar-refractivity contribution in [2.45, 2.75) is 56.7 Å². The van der Waals surface area contributed by atoms with Gasteiger partial charge in [-0.2, -0.15) is 13.2 Å². The fourth-order valence-electron chi connectivity index (χ4n) is 2.35. The number of benzene rings is 1. The zero-order chi connectivity index (χ0) is 16.2. The van der Waals surface area contributed by atoms with Gasteiger partial charge in [-0.25, -0.2) is 8.78 Å². The molecule has 1 saturated heterocycles. The number of hydrogen-bond donors (Lipinski definition) is 0. The fourth-order valence-corrected chi connectivity index (χ4v) is 2.35. The van der Waals surface area contributed by atoms with Crippen molar-refractivity contribution in [1.82, 2.24) is 0 Å². The summed E-state index contributed by atoms with van der Waals surface area (Å²) in [4.78, 5) is 0. The van der Waals surface area contributed by atoms with E-state index in [0.29, 0.717) is 31.1 Å². The SMILES string of the molecule is FC(F)(F)c1ccc(C(F)(F)CCCCCCC2CO2)cc1. The van der Waals surface area contributed by atoms with Gasteiger partial charge in [-0.3, -0.25) is 0 Å². The summed E-state index contributed by atoms with van der Waals surface area (Å²) in [5, 5.41) is 0. The summed E-state index contributed by atoms with van der Waals surface area (Å²) in [5.74, 6) is -3.08. The summed E-state index contributed by atoms with van der Waals surface area (Å²) < 4.78 is 70.1. The third kappa shape index (κ3) is 5.23. The molecule has 6 heteroatoms. The summed E-state index contributed by atoms with van der Waals surface area (Å²) in [5.41, 5.74) is -1.26. The summed E-state index contributed by atoms with van der Waals surface area (Å²) in [6.07, 6.45) is -0.581. The largest absolute Gasteiger partial charge is 0.416 e. The van der Waals surface area contributed by atoms with E-state index >= 15 is 0 Å². The maximum atomic E-state index is 13.9. The average molecular weight is 322 g/mol. The number of rotatable bonds is 8. The summed E-state index contributed by atoms with van der Waals surface area (Å²) in [6, 6.07) is 3.15. The summed E-state index contributed by atoms with van der Waals surface area (Å²) in [6.45, 7) is 0.812. The molecule has 0 saturated carbocycles. The van der Waals surface area contributed by atoms with Crippen LogP contribution in [0.5, 0.6) is 0 Å². The predicted molar refractivity (Wildman–Crippen MR) is 72.8 cm³/mol. The second-order valence-corrected chi connectivity index (χ2v) is 5.69. The van der Waals surface area contributed by atoms with Crippen LogP contribution in [0, 0.1) is 0 Å². The lowest BCUT2D eigenvalue weighted by molar-refractivity contribution is -0.137.